The van der Waals surface area contributed by atoms with Gasteiger partial charge in [-0.25, -0.2) is 0 Å². The van der Waals surface area contributed by atoms with Crippen molar-refractivity contribution in [2.24, 2.45) is 0 Å². The molecule has 1 saturated heterocycles. The first kappa shape index (κ1) is 11.6. The van der Waals surface area contributed by atoms with Crippen LogP contribution >= 0.6 is 0 Å². The van der Waals surface area contributed by atoms with Gasteiger partial charge in [-0.2, -0.15) is 0 Å². The molecule has 0 bridgehead atoms. The SMILES string of the molecule is CC1CNCC(C)(CCc2ccccc2)O1. The van der Waals surface area contributed by atoms with E-state index in [2.05, 4.69) is 49.5 Å². The first-order chi connectivity index (χ1) is 7.68. The standard InChI is InChI=1S/C14H21NO/c1-12-10-15-11-14(2,16-12)9-8-13-6-4-3-5-7-13/h3-7,12,15H,8-11H2,1-2H3. The second-order valence-electron chi connectivity index (χ2n) is 4.99. The molecule has 1 N–H and O–H groups in total. The average molecular weight is 219 g/mol. The number of hydrogen-bond donors (Lipinski definition) is 1. The maximum absolute atomic E-state index is 6.03. The summed E-state index contributed by atoms with van der Waals surface area (Å²) in [7, 11) is 0. The molecule has 0 amide bonds. The lowest BCUT2D eigenvalue weighted by molar-refractivity contribution is -0.101. The molecule has 1 aromatic rings. The largest absolute Gasteiger partial charge is 0.370 e. The molecule has 16 heavy (non-hydrogen) atoms. The smallest absolute Gasteiger partial charge is 0.0785 e. The summed E-state index contributed by atoms with van der Waals surface area (Å²) in [6.45, 7) is 6.27. The molecule has 1 aliphatic rings. The van der Waals surface area contributed by atoms with Gasteiger partial charge < -0.3 is 10.1 Å². The van der Waals surface area contributed by atoms with Gasteiger partial charge in [-0.05, 0) is 32.3 Å². The average Bonchev–Trinajstić information content (AvgIpc) is 2.28. The third kappa shape index (κ3) is 3.06. The van der Waals surface area contributed by atoms with Gasteiger partial charge >= 0.3 is 0 Å². The van der Waals surface area contributed by atoms with E-state index in [9.17, 15) is 0 Å². The van der Waals surface area contributed by atoms with Crippen LogP contribution in [0.2, 0.25) is 0 Å². The summed E-state index contributed by atoms with van der Waals surface area (Å²) in [6, 6.07) is 10.6. The molecule has 0 radical (unpaired) electrons. The monoisotopic (exact) mass is 219 g/mol. The summed E-state index contributed by atoms with van der Waals surface area (Å²) in [4.78, 5) is 0. The second kappa shape index (κ2) is 4.98. The van der Waals surface area contributed by atoms with Crippen molar-refractivity contribution in [3.05, 3.63) is 35.9 Å². The molecule has 0 aliphatic carbocycles. The van der Waals surface area contributed by atoms with E-state index in [0.717, 1.165) is 25.9 Å². The first-order valence-corrected chi connectivity index (χ1v) is 6.10. The fourth-order valence-corrected chi connectivity index (χ4v) is 2.31. The second-order valence-corrected chi connectivity index (χ2v) is 4.99. The van der Waals surface area contributed by atoms with E-state index < -0.39 is 0 Å². The van der Waals surface area contributed by atoms with Crippen LogP contribution in [0.4, 0.5) is 0 Å². The van der Waals surface area contributed by atoms with Gasteiger partial charge in [0, 0.05) is 13.1 Å². The molecule has 1 fully saturated rings. The lowest BCUT2D eigenvalue weighted by atomic mass is 9.95. The molecule has 1 aromatic carbocycles. The van der Waals surface area contributed by atoms with Gasteiger partial charge in [-0.15, -0.1) is 0 Å². The van der Waals surface area contributed by atoms with Gasteiger partial charge in [-0.3, -0.25) is 0 Å². The summed E-state index contributed by atoms with van der Waals surface area (Å²) in [6.07, 6.45) is 2.50. The fraction of sp³-hybridized carbons (Fsp3) is 0.571. The van der Waals surface area contributed by atoms with Crippen molar-refractivity contribution in [1.29, 1.82) is 0 Å². The van der Waals surface area contributed by atoms with Crippen molar-refractivity contribution in [3.63, 3.8) is 0 Å². The van der Waals surface area contributed by atoms with Crippen LogP contribution in [0.25, 0.3) is 0 Å². The van der Waals surface area contributed by atoms with Gasteiger partial charge in [0.2, 0.25) is 0 Å². The highest BCUT2D eigenvalue weighted by atomic mass is 16.5. The van der Waals surface area contributed by atoms with Crippen LogP contribution in [0.3, 0.4) is 0 Å². The Morgan fingerprint density at radius 2 is 2.12 bits per heavy atom. The minimum absolute atomic E-state index is 0.00644. The summed E-state index contributed by atoms with van der Waals surface area (Å²) < 4.78 is 6.03. The molecule has 2 heteroatoms. The maximum Gasteiger partial charge on any atom is 0.0785 e. The minimum Gasteiger partial charge on any atom is -0.370 e. The highest BCUT2D eigenvalue weighted by Crippen LogP contribution is 2.22. The number of rotatable bonds is 3. The van der Waals surface area contributed by atoms with Crippen molar-refractivity contribution >= 4 is 0 Å². The van der Waals surface area contributed by atoms with E-state index in [-0.39, 0.29) is 5.60 Å². The Labute approximate surface area is 98.0 Å². The van der Waals surface area contributed by atoms with E-state index in [1.807, 2.05) is 0 Å². The van der Waals surface area contributed by atoms with E-state index in [4.69, 9.17) is 4.74 Å². The summed E-state index contributed by atoms with van der Waals surface area (Å²) >= 11 is 0. The molecule has 0 spiro atoms. The minimum atomic E-state index is -0.00644. The van der Waals surface area contributed by atoms with E-state index in [0.29, 0.717) is 6.10 Å². The van der Waals surface area contributed by atoms with Crippen molar-refractivity contribution in [1.82, 2.24) is 5.32 Å². The van der Waals surface area contributed by atoms with E-state index >= 15 is 0 Å². The van der Waals surface area contributed by atoms with Crippen LogP contribution < -0.4 is 5.32 Å². The van der Waals surface area contributed by atoms with Crippen LogP contribution in [-0.2, 0) is 11.2 Å². The van der Waals surface area contributed by atoms with Crippen LogP contribution in [0.5, 0.6) is 0 Å². The Balaban J connectivity index is 1.89. The predicted molar refractivity (Wildman–Crippen MR) is 66.6 cm³/mol. The molecule has 1 aliphatic heterocycles. The zero-order chi connectivity index (χ0) is 11.4. The maximum atomic E-state index is 6.03. The topological polar surface area (TPSA) is 21.3 Å². The Morgan fingerprint density at radius 1 is 1.38 bits per heavy atom. The van der Waals surface area contributed by atoms with Crippen LogP contribution in [0.1, 0.15) is 25.8 Å². The molecule has 2 atom stereocenters. The molecular weight excluding hydrogens is 198 g/mol. The number of benzene rings is 1. The fourth-order valence-electron chi connectivity index (χ4n) is 2.31. The molecule has 88 valence electrons. The van der Waals surface area contributed by atoms with Crippen LogP contribution in [0, 0.1) is 0 Å². The Bertz CT molecular complexity index is 325. The van der Waals surface area contributed by atoms with Gasteiger partial charge in [0.15, 0.2) is 0 Å². The van der Waals surface area contributed by atoms with Gasteiger partial charge in [-0.1, -0.05) is 30.3 Å². The third-order valence-electron chi connectivity index (χ3n) is 3.20. The first-order valence-electron chi connectivity index (χ1n) is 6.10. The normalized spacial score (nSPS) is 30.2. The summed E-state index contributed by atoms with van der Waals surface area (Å²) in [5.74, 6) is 0. The zero-order valence-corrected chi connectivity index (χ0v) is 10.2. The highest BCUT2D eigenvalue weighted by Gasteiger charge is 2.30. The van der Waals surface area contributed by atoms with Crippen molar-refractivity contribution in [3.8, 4) is 0 Å². The molecule has 2 nitrogen and oxygen atoms in total. The Hall–Kier alpha value is -0.860. The Kier molecular flexibility index (Phi) is 3.62. The number of nitrogens with one attached hydrogen (secondary N) is 1. The third-order valence-corrected chi connectivity index (χ3v) is 3.20. The van der Waals surface area contributed by atoms with Gasteiger partial charge in [0.05, 0.1) is 11.7 Å². The molecule has 2 rings (SSSR count). The summed E-state index contributed by atoms with van der Waals surface area (Å²) in [5, 5.41) is 3.44. The number of hydrogen-bond acceptors (Lipinski definition) is 2. The van der Waals surface area contributed by atoms with Crippen molar-refractivity contribution in [2.75, 3.05) is 13.1 Å². The Morgan fingerprint density at radius 3 is 2.81 bits per heavy atom. The molecule has 2 unspecified atom stereocenters. The zero-order valence-electron chi connectivity index (χ0n) is 10.2. The quantitative estimate of drug-likeness (QED) is 0.843. The molecule has 0 aromatic heterocycles. The van der Waals surface area contributed by atoms with E-state index in [1.54, 1.807) is 0 Å². The molecule has 1 heterocycles. The number of ether oxygens (including phenoxy) is 1. The lowest BCUT2D eigenvalue weighted by Crippen LogP contribution is -2.51. The summed E-state index contributed by atoms with van der Waals surface area (Å²) in [5.41, 5.74) is 1.39. The number of aryl methyl sites for hydroxylation is 1. The predicted octanol–water partition coefficient (Wildman–Crippen LogP) is 2.39. The van der Waals surface area contributed by atoms with Crippen molar-refractivity contribution in [2.45, 2.75) is 38.4 Å². The highest BCUT2D eigenvalue weighted by molar-refractivity contribution is 5.15. The van der Waals surface area contributed by atoms with Gasteiger partial charge in [0.25, 0.3) is 0 Å². The molecule has 0 saturated carbocycles. The van der Waals surface area contributed by atoms with Crippen LogP contribution in [0.15, 0.2) is 30.3 Å². The number of morpholine rings is 1. The van der Waals surface area contributed by atoms with E-state index in [1.165, 1.54) is 5.56 Å². The lowest BCUT2D eigenvalue weighted by Gasteiger charge is -2.38. The molecular formula is C14H21NO. The van der Waals surface area contributed by atoms with Crippen LogP contribution in [-0.4, -0.2) is 24.8 Å². The van der Waals surface area contributed by atoms with Gasteiger partial charge in [0.1, 0.15) is 0 Å². The van der Waals surface area contributed by atoms with Crippen molar-refractivity contribution < 1.29 is 4.74 Å².